The number of hydrogen-bond donors (Lipinski definition) is 2. The van der Waals surface area contributed by atoms with Gasteiger partial charge < -0.3 is 4.98 Å². The molecule has 2 rings (SSSR count). The molecule has 17 heavy (non-hydrogen) atoms. The van der Waals surface area contributed by atoms with Crippen molar-refractivity contribution in [1.82, 2.24) is 9.97 Å². The number of halogens is 1. The van der Waals surface area contributed by atoms with Gasteiger partial charge in [0.2, 0.25) is 0 Å². The highest BCUT2D eigenvalue weighted by Crippen LogP contribution is 2.07. The Bertz CT molecular complexity index is 719. The average Bonchev–Trinajstić information content (AvgIpc) is 2.30. The van der Waals surface area contributed by atoms with E-state index in [0.717, 1.165) is 5.56 Å². The predicted molar refractivity (Wildman–Crippen MR) is 67.4 cm³/mol. The molecule has 4 nitrogen and oxygen atoms in total. The van der Waals surface area contributed by atoms with Crippen molar-refractivity contribution in [2.24, 2.45) is 0 Å². The topological polar surface area (TPSA) is 65.7 Å². The van der Waals surface area contributed by atoms with E-state index in [0.29, 0.717) is 23.2 Å². The van der Waals surface area contributed by atoms with Gasteiger partial charge in [-0.2, -0.15) is 0 Å². The first-order valence-corrected chi connectivity index (χ1v) is 5.55. The standard InChI is InChI=1S/C12H9ClN2O2/c13-6-2-1-3-8-4-5-10-9(7-8)11(16)15-12(17)14-10/h4-5,7H,2,6H2,(H2,14,15,16,17). The first-order chi connectivity index (χ1) is 8.20. The summed E-state index contributed by atoms with van der Waals surface area (Å²) >= 11 is 5.51. The highest BCUT2D eigenvalue weighted by atomic mass is 35.5. The minimum absolute atomic E-state index is 0.412. The summed E-state index contributed by atoms with van der Waals surface area (Å²) < 4.78 is 0. The minimum Gasteiger partial charge on any atom is -0.307 e. The summed E-state index contributed by atoms with van der Waals surface area (Å²) in [6.07, 6.45) is 0.599. The molecule has 0 fully saturated rings. The summed E-state index contributed by atoms with van der Waals surface area (Å²) in [6.45, 7) is 0. The van der Waals surface area contributed by atoms with Gasteiger partial charge in [-0.3, -0.25) is 9.78 Å². The molecule has 0 radical (unpaired) electrons. The summed E-state index contributed by atoms with van der Waals surface area (Å²) in [7, 11) is 0. The van der Waals surface area contributed by atoms with Gasteiger partial charge >= 0.3 is 5.69 Å². The zero-order valence-corrected chi connectivity index (χ0v) is 9.60. The van der Waals surface area contributed by atoms with Crippen LogP contribution in [-0.4, -0.2) is 15.8 Å². The monoisotopic (exact) mass is 248 g/mol. The van der Waals surface area contributed by atoms with Crippen LogP contribution in [0.2, 0.25) is 0 Å². The molecular weight excluding hydrogens is 240 g/mol. The maximum Gasteiger partial charge on any atom is 0.326 e. The summed E-state index contributed by atoms with van der Waals surface area (Å²) in [5.74, 6) is 6.26. The van der Waals surface area contributed by atoms with E-state index in [1.54, 1.807) is 18.2 Å². The van der Waals surface area contributed by atoms with Crippen LogP contribution in [0.15, 0.2) is 27.8 Å². The Morgan fingerprint density at radius 1 is 1.24 bits per heavy atom. The second kappa shape index (κ2) is 4.89. The lowest BCUT2D eigenvalue weighted by Gasteiger charge is -1.96. The Balaban J connectivity index is 2.56. The van der Waals surface area contributed by atoms with Crippen molar-refractivity contribution in [3.05, 3.63) is 44.6 Å². The van der Waals surface area contributed by atoms with Crippen LogP contribution < -0.4 is 11.2 Å². The van der Waals surface area contributed by atoms with Gasteiger partial charge in [0, 0.05) is 17.9 Å². The highest BCUT2D eigenvalue weighted by molar-refractivity contribution is 6.18. The second-order valence-corrected chi connectivity index (χ2v) is 3.79. The maximum absolute atomic E-state index is 11.5. The molecule has 2 aromatic rings. The van der Waals surface area contributed by atoms with Crippen molar-refractivity contribution in [1.29, 1.82) is 0 Å². The van der Waals surface area contributed by atoms with Gasteiger partial charge in [-0.1, -0.05) is 11.8 Å². The first kappa shape index (κ1) is 11.5. The third-order valence-electron chi connectivity index (χ3n) is 2.19. The largest absolute Gasteiger partial charge is 0.326 e. The molecule has 86 valence electrons. The zero-order chi connectivity index (χ0) is 12.3. The molecule has 0 unspecified atom stereocenters. The van der Waals surface area contributed by atoms with E-state index in [-0.39, 0.29) is 0 Å². The molecular formula is C12H9ClN2O2. The molecule has 1 aromatic carbocycles. The van der Waals surface area contributed by atoms with Crippen molar-refractivity contribution in [3.8, 4) is 11.8 Å². The summed E-state index contributed by atoms with van der Waals surface area (Å²) in [4.78, 5) is 27.3. The van der Waals surface area contributed by atoms with E-state index in [4.69, 9.17) is 11.6 Å². The molecule has 1 aromatic heterocycles. The third-order valence-corrected chi connectivity index (χ3v) is 2.38. The SMILES string of the molecule is O=c1[nH]c(=O)c2cc(C#CCCCl)ccc2[nH]1. The number of fused-ring (bicyclic) bond motifs is 1. The van der Waals surface area contributed by atoms with Crippen LogP contribution in [0.25, 0.3) is 10.9 Å². The van der Waals surface area contributed by atoms with Gasteiger partial charge in [0.25, 0.3) is 5.56 Å². The Morgan fingerprint density at radius 2 is 2.06 bits per heavy atom. The Hall–Kier alpha value is -1.99. The van der Waals surface area contributed by atoms with Crippen molar-refractivity contribution < 1.29 is 0 Å². The van der Waals surface area contributed by atoms with E-state index in [1.165, 1.54) is 0 Å². The summed E-state index contributed by atoms with van der Waals surface area (Å²) in [6, 6.07) is 5.06. The van der Waals surface area contributed by atoms with Gasteiger partial charge in [-0.15, -0.1) is 11.6 Å². The molecule has 5 heteroatoms. The van der Waals surface area contributed by atoms with Crippen LogP contribution >= 0.6 is 11.6 Å². The van der Waals surface area contributed by atoms with E-state index < -0.39 is 11.2 Å². The number of nitrogens with one attached hydrogen (secondary N) is 2. The average molecular weight is 249 g/mol. The van der Waals surface area contributed by atoms with Crippen LogP contribution in [-0.2, 0) is 0 Å². The molecule has 0 amide bonds. The van der Waals surface area contributed by atoms with Crippen molar-refractivity contribution in [3.63, 3.8) is 0 Å². The predicted octanol–water partition coefficient (Wildman–Crippen LogP) is 1.20. The van der Waals surface area contributed by atoms with Gasteiger partial charge in [0.05, 0.1) is 10.9 Å². The van der Waals surface area contributed by atoms with Crippen molar-refractivity contribution in [2.75, 3.05) is 5.88 Å². The zero-order valence-electron chi connectivity index (χ0n) is 8.84. The fourth-order valence-corrected chi connectivity index (χ4v) is 1.55. The van der Waals surface area contributed by atoms with Crippen LogP contribution in [0.5, 0.6) is 0 Å². The summed E-state index contributed by atoms with van der Waals surface area (Å²) in [5.41, 5.74) is 0.301. The number of aromatic amines is 2. The number of H-pyrrole nitrogens is 2. The third kappa shape index (κ3) is 2.58. The Morgan fingerprint density at radius 3 is 2.82 bits per heavy atom. The number of benzene rings is 1. The first-order valence-electron chi connectivity index (χ1n) is 5.02. The van der Waals surface area contributed by atoms with Crippen LogP contribution in [0.3, 0.4) is 0 Å². The normalized spacial score (nSPS) is 9.94. The van der Waals surface area contributed by atoms with E-state index in [1.807, 2.05) is 0 Å². The molecule has 0 spiro atoms. The highest BCUT2D eigenvalue weighted by Gasteiger charge is 2.00. The smallest absolute Gasteiger partial charge is 0.307 e. The van der Waals surface area contributed by atoms with Crippen molar-refractivity contribution in [2.45, 2.75) is 6.42 Å². The summed E-state index contributed by atoms with van der Waals surface area (Å²) in [5, 5.41) is 0.419. The molecule has 0 aliphatic heterocycles. The number of aromatic nitrogens is 2. The van der Waals surface area contributed by atoms with Crippen LogP contribution in [0, 0.1) is 11.8 Å². The molecule has 2 N–H and O–H groups in total. The molecule has 0 bridgehead atoms. The van der Waals surface area contributed by atoms with Gasteiger partial charge in [-0.25, -0.2) is 4.79 Å². The number of hydrogen-bond acceptors (Lipinski definition) is 2. The molecule has 0 aliphatic carbocycles. The van der Waals surface area contributed by atoms with E-state index in [2.05, 4.69) is 21.8 Å². The fraction of sp³-hybridized carbons (Fsp3) is 0.167. The van der Waals surface area contributed by atoms with Gasteiger partial charge in [-0.05, 0) is 18.2 Å². The lowest BCUT2D eigenvalue weighted by atomic mass is 10.1. The van der Waals surface area contributed by atoms with Gasteiger partial charge in [0.1, 0.15) is 0 Å². The molecule has 0 saturated heterocycles. The second-order valence-electron chi connectivity index (χ2n) is 3.41. The van der Waals surface area contributed by atoms with Crippen LogP contribution in [0.4, 0.5) is 0 Å². The minimum atomic E-state index is -0.511. The van der Waals surface area contributed by atoms with E-state index in [9.17, 15) is 9.59 Å². The lowest BCUT2D eigenvalue weighted by molar-refractivity contribution is 1.08. The van der Waals surface area contributed by atoms with Crippen LogP contribution in [0.1, 0.15) is 12.0 Å². The number of rotatable bonds is 1. The molecule has 0 aliphatic rings. The Kier molecular flexibility index (Phi) is 3.31. The molecule has 1 heterocycles. The quantitative estimate of drug-likeness (QED) is 0.588. The molecule has 0 atom stereocenters. The van der Waals surface area contributed by atoms with E-state index >= 15 is 0 Å². The number of alkyl halides is 1. The maximum atomic E-state index is 11.5. The molecule has 0 saturated carbocycles. The van der Waals surface area contributed by atoms with Crippen molar-refractivity contribution >= 4 is 22.5 Å². The van der Waals surface area contributed by atoms with Gasteiger partial charge in [0.15, 0.2) is 0 Å². The lowest BCUT2D eigenvalue weighted by Crippen LogP contribution is -2.21. The fourth-order valence-electron chi connectivity index (χ4n) is 1.45. The Labute approximate surface area is 102 Å².